The summed E-state index contributed by atoms with van der Waals surface area (Å²) in [6.07, 6.45) is 1.91. The molecule has 0 aliphatic carbocycles. The average Bonchev–Trinajstić information content (AvgIpc) is 2.43. The van der Waals surface area contributed by atoms with E-state index >= 15 is 0 Å². The van der Waals surface area contributed by atoms with E-state index in [2.05, 4.69) is 0 Å². The van der Waals surface area contributed by atoms with Crippen LogP contribution in [-0.2, 0) is 7.05 Å². The van der Waals surface area contributed by atoms with Crippen LogP contribution in [-0.4, -0.2) is 4.57 Å². The monoisotopic (exact) mass is 208 g/mol. The first kappa shape index (κ1) is 9.56. The van der Waals surface area contributed by atoms with Crippen molar-refractivity contribution in [1.82, 2.24) is 4.57 Å². The average molecular weight is 209 g/mol. The first-order chi connectivity index (χ1) is 6.61. The van der Waals surface area contributed by atoms with Crippen LogP contribution in [0.5, 0.6) is 0 Å². The Hall–Kier alpha value is -0.990. The van der Waals surface area contributed by atoms with Crippen LogP contribution >= 0.6 is 11.6 Å². The molecule has 1 unspecified atom stereocenters. The van der Waals surface area contributed by atoms with Gasteiger partial charge < -0.3 is 10.3 Å². The summed E-state index contributed by atoms with van der Waals surface area (Å²) in [7, 11) is 1.99. The van der Waals surface area contributed by atoms with Crippen molar-refractivity contribution in [3.05, 3.63) is 35.0 Å². The number of benzene rings is 1. The Morgan fingerprint density at radius 1 is 1.43 bits per heavy atom. The van der Waals surface area contributed by atoms with E-state index in [-0.39, 0.29) is 6.04 Å². The summed E-state index contributed by atoms with van der Waals surface area (Å²) in [5.41, 5.74) is 8.17. The molecule has 0 aliphatic rings. The van der Waals surface area contributed by atoms with Crippen LogP contribution in [0.2, 0.25) is 5.02 Å². The second-order valence-corrected chi connectivity index (χ2v) is 4.03. The summed E-state index contributed by atoms with van der Waals surface area (Å²) in [5.74, 6) is 0. The van der Waals surface area contributed by atoms with Gasteiger partial charge in [0.2, 0.25) is 0 Å². The van der Waals surface area contributed by atoms with Crippen molar-refractivity contribution in [2.45, 2.75) is 13.0 Å². The first-order valence-electron chi connectivity index (χ1n) is 4.60. The number of halogens is 1. The number of fused-ring (bicyclic) bond motifs is 1. The van der Waals surface area contributed by atoms with Gasteiger partial charge in [-0.2, -0.15) is 0 Å². The number of rotatable bonds is 1. The third kappa shape index (κ3) is 1.31. The smallest absolute Gasteiger partial charge is 0.0661 e. The molecule has 1 aromatic heterocycles. The maximum Gasteiger partial charge on any atom is 0.0661 e. The molecule has 1 heterocycles. The zero-order valence-corrected chi connectivity index (χ0v) is 9.05. The van der Waals surface area contributed by atoms with Gasteiger partial charge in [-0.1, -0.05) is 29.8 Å². The minimum Gasteiger partial charge on any atom is -0.349 e. The minimum atomic E-state index is 0.0309. The Balaban J connectivity index is 2.85. The highest BCUT2D eigenvalue weighted by molar-refractivity contribution is 6.35. The van der Waals surface area contributed by atoms with Crippen LogP contribution in [0.25, 0.3) is 10.9 Å². The number of hydrogen-bond donors (Lipinski definition) is 1. The molecule has 0 aliphatic heterocycles. The van der Waals surface area contributed by atoms with Crippen LogP contribution < -0.4 is 5.73 Å². The molecule has 14 heavy (non-hydrogen) atoms. The fourth-order valence-electron chi connectivity index (χ4n) is 1.82. The van der Waals surface area contributed by atoms with Gasteiger partial charge in [0.25, 0.3) is 0 Å². The number of hydrogen-bond acceptors (Lipinski definition) is 1. The number of nitrogens with two attached hydrogens (primary N) is 1. The zero-order chi connectivity index (χ0) is 10.3. The van der Waals surface area contributed by atoms with E-state index in [0.717, 1.165) is 21.5 Å². The second kappa shape index (κ2) is 3.30. The van der Waals surface area contributed by atoms with Crippen LogP contribution in [0, 0.1) is 0 Å². The summed E-state index contributed by atoms with van der Waals surface area (Å²) < 4.78 is 2.02. The highest BCUT2D eigenvalue weighted by atomic mass is 35.5. The molecule has 0 fully saturated rings. The Bertz CT molecular complexity index is 471. The van der Waals surface area contributed by atoms with Crippen molar-refractivity contribution in [2.75, 3.05) is 0 Å². The number of aryl methyl sites for hydroxylation is 1. The van der Waals surface area contributed by atoms with Crippen molar-refractivity contribution in [1.29, 1.82) is 0 Å². The van der Waals surface area contributed by atoms with Crippen molar-refractivity contribution in [3.63, 3.8) is 0 Å². The van der Waals surface area contributed by atoms with Gasteiger partial charge in [0.15, 0.2) is 0 Å². The Labute approximate surface area is 88.3 Å². The molecule has 74 valence electrons. The topological polar surface area (TPSA) is 30.9 Å². The summed E-state index contributed by atoms with van der Waals surface area (Å²) in [4.78, 5) is 0. The predicted octanol–water partition coefficient (Wildman–Crippen LogP) is 2.85. The summed E-state index contributed by atoms with van der Waals surface area (Å²) in [6.45, 7) is 1.98. The molecule has 0 amide bonds. The standard InChI is InChI=1S/C11H13ClN2/c1-7(13)8-4-3-5-9-10(12)6-14(2)11(8)9/h3-7H,13H2,1-2H3. The van der Waals surface area contributed by atoms with Crippen LogP contribution in [0.3, 0.4) is 0 Å². The maximum absolute atomic E-state index is 6.09. The van der Waals surface area contributed by atoms with Gasteiger partial charge in [0.1, 0.15) is 0 Å². The summed E-state index contributed by atoms with van der Waals surface area (Å²) >= 11 is 6.09. The molecule has 2 nitrogen and oxygen atoms in total. The first-order valence-corrected chi connectivity index (χ1v) is 4.98. The molecule has 0 bridgehead atoms. The fraction of sp³-hybridized carbons (Fsp3) is 0.273. The molecule has 0 saturated carbocycles. The SMILES string of the molecule is CC(N)c1cccc2c(Cl)cn(C)c12. The van der Waals surface area contributed by atoms with Gasteiger partial charge in [-0.05, 0) is 12.5 Å². The second-order valence-electron chi connectivity index (χ2n) is 3.62. The molecule has 2 aromatic rings. The van der Waals surface area contributed by atoms with Crippen molar-refractivity contribution in [3.8, 4) is 0 Å². The van der Waals surface area contributed by atoms with E-state index in [4.69, 9.17) is 17.3 Å². The molecular weight excluding hydrogens is 196 g/mol. The van der Waals surface area contributed by atoms with Crippen molar-refractivity contribution >= 4 is 22.5 Å². The zero-order valence-electron chi connectivity index (χ0n) is 8.29. The van der Waals surface area contributed by atoms with Crippen molar-refractivity contribution in [2.24, 2.45) is 12.8 Å². The van der Waals surface area contributed by atoms with Gasteiger partial charge >= 0.3 is 0 Å². The van der Waals surface area contributed by atoms with Gasteiger partial charge in [-0.3, -0.25) is 0 Å². The van der Waals surface area contributed by atoms with E-state index in [0.29, 0.717) is 0 Å². The van der Waals surface area contributed by atoms with Crippen molar-refractivity contribution < 1.29 is 0 Å². The van der Waals surface area contributed by atoms with Gasteiger partial charge in [0.05, 0.1) is 10.5 Å². The van der Waals surface area contributed by atoms with E-state index in [1.165, 1.54) is 0 Å². The van der Waals surface area contributed by atoms with Gasteiger partial charge in [-0.15, -0.1) is 0 Å². The lowest BCUT2D eigenvalue weighted by atomic mass is 10.1. The lowest BCUT2D eigenvalue weighted by Gasteiger charge is -2.08. The van der Waals surface area contributed by atoms with Crippen LogP contribution in [0.4, 0.5) is 0 Å². The third-order valence-electron chi connectivity index (χ3n) is 2.47. The summed E-state index contributed by atoms with van der Waals surface area (Å²) in [6, 6.07) is 6.09. The van der Waals surface area contributed by atoms with Gasteiger partial charge in [0, 0.05) is 24.7 Å². The number of nitrogens with zero attached hydrogens (tertiary/aromatic N) is 1. The minimum absolute atomic E-state index is 0.0309. The van der Waals surface area contributed by atoms with E-state index < -0.39 is 0 Å². The Morgan fingerprint density at radius 3 is 2.79 bits per heavy atom. The lowest BCUT2D eigenvalue weighted by molar-refractivity contribution is 0.814. The van der Waals surface area contributed by atoms with E-state index in [1.54, 1.807) is 0 Å². The molecule has 1 atom stereocenters. The fourth-order valence-corrected chi connectivity index (χ4v) is 2.12. The predicted molar refractivity (Wildman–Crippen MR) is 60.5 cm³/mol. The largest absolute Gasteiger partial charge is 0.349 e. The van der Waals surface area contributed by atoms with Gasteiger partial charge in [-0.25, -0.2) is 0 Å². The molecule has 0 spiro atoms. The van der Waals surface area contributed by atoms with Crippen LogP contribution in [0.15, 0.2) is 24.4 Å². The quantitative estimate of drug-likeness (QED) is 0.768. The number of para-hydroxylation sites is 1. The highest BCUT2D eigenvalue weighted by Gasteiger charge is 2.10. The maximum atomic E-state index is 6.09. The normalized spacial score (nSPS) is 13.4. The molecule has 0 radical (unpaired) electrons. The lowest BCUT2D eigenvalue weighted by Crippen LogP contribution is -2.06. The molecule has 1 aromatic carbocycles. The summed E-state index contributed by atoms with van der Waals surface area (Å²) in [5, 5.41) is 1.86. The highest BCUT2D eigenvalue weighted by Crippen LogP contribution is 2.29. The van der Waals surface area contributed by atoms with E-state index in [9.17, 15) is 0 Å². The third-order valence-corrected chi connectivity index (χ3v) is 2.78. The molecule has 2 rings (SSSR count). The molecular formula is C11H13ClN2. The molecule has 3 heteroatoms. The molecule has 0 saturated heterocycles. The number of aromatic nitrogens is 1. The Kier molecular flexibility index (Phi) is 2.25. The molecule has 2 N–H and O–H groups in total. The van der Waals surface area contributed by atoms with Crippen LogP contribution in [0.1, 0.15) is 18.5 Å². The Morgan fingerprint density at radius 2 is 2.14 bits per heavy atom. The van der Waals surface area contributed by atoms with E-state index in [1.807, 2.05) is 42.9 Å².